The van der Waals surface area contributed by atoms with E-state index in [1.807, 2.05) is 60.7 Å². The highest BCUT2D eigenvalue weighted by Crippen LogP contribution is 2.29. The van der Waals surface area contributed by atoms with Gasteiger partial charge >= 0.3 is 12.1 Å². The van der Waals surface area contributed by atoms with Gasteiger partial charge in [0.1, 0.15) is 12.6 Å². The van der Waals surface area contributed by atoms with Crippen LogP contribution in [0.2, 0.25) is 0 Å². The number of nitrogens with zero attached hydrogens (tertiary/aromatic N) is 1. The Labute approximate surface area is 151 Å². The number of carbonyl (C=O) groups excluding carboxylic acids is 1. The lowest BCUT2D eigenvalue weighted by molar-refractivity contribution is -0.143. The molecule has 2 aromatic rings. The fourth-order valence-electron chi connectivity index (χ4n) is 3.33. The number of carboxylic acid groups (broad SMARTS) is 1. The Hall–Kier alpha value is -2.86. The normalized spacial score (nSPS) is 22.2. The maximum Gasteiger partial charge on any atom is 0.410 e. The number of aliphatic hydroxyl groups excluding tert-OH is 1. The molecule has 6 nitrogen and oxygen atoms in total. The second-order valence-corrected chi connectivity index (χ2v) is 6.40. The Balaban J connectivity index is 1.70. The highest BCUT2D eigenvalue weighted by Gasteiger charge is 2.48. The number of carboxylic acids is 1. The lowest BCUT2D eigenvalue weighted by Crippen LogP contribution is -2.44. The molecular formula is C20H21NO5. The highest BCUT2D eigenvalue weighted by atomic mass is 16.6. The summed E-state index contributed by atoms with van der Waals surface area (Å²) < 4.78 is 5.25. The number of carbonyl (C=O) groups is 2. The van der Waals surface area contributed by atoms with E-state index in [0.717, 1.165) is 16.0 Å². The van der Waals surface area contributed by atoms with E-state index in [-0.39, 0.29) is 13.2 Å². The highest BCUT2D eigenvalue weighted by molar-refractivity contribution is 5.81. The van der Waals surface area contributed by atoms with E-state index in [1.165, 1.54) is 0 Å². The molecule has 1 aliphatic heterocycles. The number of aliphatic hydroxyl groups is 1. The third-order valence-electron chi connectivity index (χ3n) is 4.63. The maximum absolute atomic E-state index is 12.4. The third kappa shape index (κ3) is 4.03. The average molecular weight is 355 g/mol. The summed E-state index contributed by atoms with van der Waals surface area (Å²) in [7, 11) is 0. The first-order valence-electron chi connectivity index (χ1n) is 8.48. The quantitative estimate of drug-likeness (QED) is 0.859. The minimum Gasteiger partial charge on any atom is -0.480 e. The molecule has 1 heterocycles. The van der Waals surface area contributed by atoms with Gasteiger partial charge in [0.2, 0.25) is 0 Å². The maximum atomic E-state index is 12.4. The Morgan fingerprint density at radius 1 is 1.00 bits per heavy atom. The number of amides is 1. The molecule has 3 rings (SSSR count). The first-order chi connectivity index (χ1) is 12.6. The molecule has 2 N–H and O–H groups in total. The van der Waals surface area contributed by atoms with Crippen LogP contribution in [0, 0.1) is 5.92 Å². The van der Waals surface area contributed by atoms with Crippen molar-refractivity contribution in [2.24, 2.45) is 5.92 Å². The van der Waals surface area contributed by atoms with Crippen molar-refractivity contribution in [3.05, 3.63) is 71.8 Å². The molecule has 0 aliphatic carbocycles. The molecule has 26 heavy (non-hydrogen) atoms. The van der Waals surface area contributed by atoms with Crippen LogP contribution in [0.1, 0.15) is 11.1 Å². The van der Waals surface area contributed by atoms with E-state index in [4.69, 9.17) is 4.74 Å². The standard InChI is InChI=1S/C20H21NO5/c22-17-12-21(20(25)26-13-15-9-5-2-6-10-15)18(19(23)24)16(17)11-14-7-3-1-4-8-14/h1-10,16-18,22H,11-13H2,(H,23,24)/t16-,17-,18-/m0/s1. The van der Waals surface area contributed by atoms with Crippen LogP contribution in [0.25, 0.3) is 0 Å². The predicted molar refractivity (Wildman–Crippen MR) is 94.4 cm³/mol. The number of hydrogen-bond acceptors (Lipinski definition) is 4. The fourth-order valence-corrected chi connectivity index (χ4v) is 3.33. The minimum atomic E-state index is -1.14. The fraction of sp³-hybridized carbons (Fsp3) is 0.300. The minimum absolute atomic E-state index is 0.0535. The third-order valence-corrected chi connectivity index (χ3v) is 4.63. The smallest absolute Gasteiger partial charge is 0.410 e. The number of rotatable bonds is 5. The van der Waals surface area contributed by atoms with Gasteiger partial charge in [0, 0.05) is 5.92 Å². The monoisotopic (exact) mass is 355 g/mol. The molecule has 0 unspecified atom stereocenters. The van der Waals surface area contributed by atoms with Crippen molar-refractivity contribution in [3.63, 3.8) is 0 Å². The molecule has 0 aromatic heterocycles. The average Bonchev–Trinajstić information content (AvgIpc) is 2.98. The van der Waals surface area contributed by atoms with Crippen LogP contribution in [0.5, 0.6) is 0 Å². The van der Waals surface area contributed by atoms with Crippen LogP contribution >= 0.6 is 0 Å². The van der Waals surface area contributed by atoms with Crippen molar-refractivity contribution < 1.29 is 24.5 Å². The van der Waals surface area contributed by atoms with Crippen molar-refractivity contribution in [1.82, 2.24) is 4.90 Å². The molecule has 3 atom stereocenters. The molecule has 2 aromatic carbocycles. The first kappa shape index (κ1) is 17.9. The molecule has 0 spiro atoms. The zero-order valence-electron chi connectivity index (χ0n) is 14.2. The van der Waals surface area contributed by atoms with Crippen LogP contribution in [0.15, 0.2) is 60.7 Å². The van der Waals surface area contributed by atoms with Crippen LogP contribution in [0.4, 0.5) is 4.79 Å². The summed E-state index contributed by atoms with van der Waals surface area (Å²) in [5.74, 6) is -1.72. The van der Waals surface area contributed by atoms with Crippen molar-refractivity contribution in [2.75, 3.05) is 6.54 Å². The second kappa shape index (κ2) is 8.01. The summed E-state index contributed by atoms with van der Waals surface area (Å²) in [6, 6.07) is 17.4. The molecule has 0 bridgehead atoms. The van der Waals surface area contributed by atoms with E-state index in [1.54, 1.807) is 0 Å². The van der Waals surface area contributed by atoms with Crippen molar-refractivity contribution in [2.45, 2.75) is 25.2 Å². The second-order valence-electron chi connectivity index (χ2n) is 6.40. The number of aliphatic carboxylic acids is 1. The Morgan fingerprint density at radius 2 is 1.58 bits per heavy atom. The molecule has 0 saturated carbocycles. The van der Waals surface area contributed by atoms with Gasteiger partial charge < -0.3 is 14.9 Å². The van der Waals surface area contributed by atoms with Crippen LogP contribution in [-0.4, -0.2) is 45.9 Å². The topological polar surface area (TPSA) is 87.1 Å². The molecule has 6 heteroatoms. The zero-order chi connectivity index (χ0) is 18.5. The van der Waals surface area contributed by atoms with Gasteiger partial charge in [-0.25, -0.2) is 9.59 Å². The molecule has 0 radical (unpaired) electrons. The number of benzene rings is 2. The molecule has 1 saturated heterocycles. The SMILES string of the molecule is O=C(O)[C@@H]1[C@@H](Cc2ccccc2)[C@@H](O)CN1C(=O)OCc1ccccc1. The Kier molecular flexibility index (Phi) is 5.53. The lowest BCUT2D eigenvalue weighted by Gasteiger charge is -2.24. The molecule has 1 fully saturated rings. The number of β-amino-alcohol motifs (C(OH)–C–C–N with tert-alkyl or cyclic N) is 1. The van der Waals surface area contributed by atoms with E-state index < -0.39 is 30.1 Å². The van der Waals surface area contributed by atoms with Crippen LogP contribution in [-0.2, 0) is 22.6 Å². The van der Waals surface area contributed by atoms with Gasteiger partial charge in [0.25, 0.3) is 0 Å². The largest absolute Gasteiger partial charge is 0.480 e. The summed E-state index contributed by atoms with van der Waals surface area (Å²) >= 11 is 0. The van der Waals surface area contributed by atoms with Crippen LogP contribution < -0.4 is 0 Å². The Morgan fingerprint density at radius 3 is 2.15 bits per heavy atom. The Bertz CT molecular complexity index is 749. The molecule has 1 aliphatic rings. The van der Waals surface area contributed by atoms with Gasteiger partial charge in [0.05, 0.1) is 12.6 Å². The summed E-state index contributed by atoms with van der Waals surface area (Å²) in [5.41, 5.74) is 1.73. The van der Waals surface area contributed by atoms with Gasteiger partial charge in [-0.1, -0.05) is 60.7 Å². The summed E-state index contributed by atoms with van der Waals surface area (Å²) in [5, 5.41) is 20.0. The van der Waals surface area contributed by atoms with Gasteiger partial charge in [-0.05, 0) is 17.5 Å². The zero-order valence-corrected chi connectivity index (χ0v) is 14.2. The molecule has 136 valence electrons. The van der Waals surface area contributed by atoms with E-state index in [0.29, 0.717) is 6.42 Å². The summed E-state index contributed by atoms with van der Waals surface area (Å²) in [4.78, 5) is 25.3. The van der Waals surface area contributed by atoms with Crippen molar-refractivity contribution >= 4 is 12.1 Å². The molecular weight excluding hydrogens is 334 g/mol. The lowest BCUT2D eigenvalue weighted by atomic mass is 9.90. The van der Waals surface area contributed by atoms with Crippen LogP contribution in [0.3, 0.4) is 0 Å². The summed E-state index contributed by atoms with van der Waals surface area (Å²) in [6.45, 7) is 0.00402. The summed E-state index contributed by atoms with van der Waals surface area (Å²) in [6.07, 6.45) is -1.27. The van der Waals surface area contributed by atoms with Gasteiger partial charge in [-0.3, -0.25) is 4.90 Å². The number of likely N-dealkylation sites (tertiary alicyclic amines) is 1. The predicted octanol–water partition coefficient (Wildman–Crippen LogP) is 2.31. The van der Waals surface area contributed by atoms with E-state index in [9.17, 15) is 19.8 Å². The van der Waals surface area contributed by atoms with Gasteiger partial charge in [-0.15, -0.1) is 0 Å². The number of hydrogen-bond donors (Lipinski definition) is 2. The van der Waals surface area contributed by atoms with E-state index in [2.05, 4.69) is 0 Å². The molecule has 1 amide bonds. The van der Waals surface area contributed by atoms with Crippen molar-refractivity contribution in [1.29, 1.82) is 0 Å². The first-order valence-corrected chi connectivity index (χ1v) is 8.48. The van der Waals surface area contributed by atoms with Gasteiger partial charge in [0.15, 0.2) is 0 Å². The van der Waals surface area contributed by atoms with E-state index >= 15 is 0 Å². The van der Waals surface area contributed by atoms with Gasteiger partial charge in [-0.2, -0.15) is 0 Å². The van der Waals surface area contributed by atoms with Crippen molar-refractivity contribution in [3.8, 4) is 0 Å². The number of ether oxygens (including phenoxy) is 1.